The highest BCUT2D eigenvalue weighted by atomic mass is 15.3. The van der Waals surface area contributed by atoms with Gasteiger partial charge in [0.15, 0.2) is 0 Å². The Labute approximate surface area is 153 Å². The van der Waals surface area contributed by atoms with Crippen LogP contribution in [-0.4, -0.2) is 19.2 Å². The van der Waals surface area contributed by atoms with Crippen LogP contribution in [0.25, 0.3) is 16.9 Å². The Morgan fingerprint density at radius 2 is 1.81 bits per heavy atom. The maximum Gasteiger partial charge on any atom is 0.140 e. The van der Waals surface area contributed by atoms with Crippen LogP contribution in [0.3, 0.4) is 0 Å². The molecule has 0 aliphatic rings. The van der Waals surface area contributed by atoms with Crippen LogP contribution in [0.15, 0.2) is 55.0 Å². The van der Waals surface area contributed by atoms with Gasteiger partial charge < -0.3 is 9.72 Å². The molecule has 5 heteroatoms. The van der Waals surface area contributed by atoms with Gasteiger partial charge in [0, 0.05) is 42.5 Å². The third-order valence-corrected chi connectivity index (χ3v) is 4.76. The fourth-order valence-corrected chi connectivity index (χ4v) is 3.40. The van der Waals surface area contributed by atoms with E-state index in [9.17, 15) is 0 Å². The Kier molecular flexibility index (Phi) is 3.99. The number of aromatic nitrogens is 4. The molecule has 0 aliphatic heterocycles. The van der Waals surface area contributed by atoms with Gasteiger partial charge >= 0.3 is 0 Å². The van der Waals surface area contributed by atoms with Gasteiger partial charge in [0.2, 0.25) is 0 Å². The lowest BCUT2D eigenvalue weighted by atomic mass is 10.1. The molecule has 0 spiro atoms. The van der Waals surface area contributed by atoms with Crippen LogP contribution >= 0.6 is 0 Å². The lowest BCUT2D eigenvalue weighted by Gasteiger charge is -2.15. The molecular weight excluding hydrogens is 322 g/mol. The molecular formula is C21H23N5. The molecule has 5 nitrogen and oxygen atoms in total. The van der Waals surface area contributed by atoms with Crippen molar-refractivity contribution in [2.24, 2.45) is 7.05 Å². The first-order valence-corrected chi connectivity index (χ1v) is 8.82. The SMILES string of the molecule is Cc1nn(C)cc1C(C)Nc1ccc(-c2cn3cccc(C)c3n2)cc1. The van der Waals surface area contributed by atoms with Crippen molar-refractivity contribution in [3.8, 4) is 11.3 Å². The van der Waals surface area contributed by atoms with Gasteiger partial charge in [0.05, 0.1) is 17.4 Å². The number of hydrogen-bond acceptors (Lipinski definition) is 3. The van der Waals surface area contributed by atoms with Crippen molar-refractivity contribution in [1.82, 2.24) is 19.2 Å². The van der Waals surface area contributed by atoms with E-state index in [-0.39, 0.29) is 6.04 Å². The van der Waals surface area contributed by atoms with E-state index in [1.807, 2.05) is 30.9 Å². The van der Waals surface area contributed by atoms with Crippen LogP contribution in [0.4, 0.5) is 5.69 Å². The quantitative estimate of drug-likeness (QED) is 0.591. The van der Waals surface area contributed by atoms with Gasteiger partial charge in [-0.3, -0.25) is 4.68 Å². The fourth-order valence-electron chi connectivity index (χ4n) is 3.40. The van der Waals surface area contributed by atoms with E-state index >= 15 is 0 Å². The van der Waals surface area contributed by atoms with Crippen molar-refractivity contribution >= 4 is 11.3 Å². The number of hydrogen-bond donors (Lipinski definition) is 1. The molecule has 0 aliphatic carbocycles. The van der Waals surface area contributed by atoms with Gasteiger partial charge in [-0.2, -0.15) is 5.10 Å². The number of anilines is 1. The molecule has 1 unspecified atom stereocenters. The number of nitrogens with zero attached hydrogens (tertiary/aromatic N) is 4. The molecule has 0 radical (unpaired) electrons. The molecule has 132 valence electrons. The summed E-state index contributed by atoms with van der Waals surface area (Å²) in [7, 11) is 1.95. The van der Waals surface area contributed by atoms with Gasteiger partial charge in [-0.25, -0.2) is 4.98 Å². The highest BCUT2D eigenvalue weighted by Gasteiger charge is 2.12. The molecule has 0 saturated carbocycles. The second-order valence-electron chi connectivity index (χ2n) is 6.84. The number of imidazole rings is 1. The summed E-state index contributed by atoms with van der Waals surface area (Å²) in [4.78, 5) is 4.77. The minimum atomic E-state index is 0.201. The zero-order valence-electron chi connectivity index (χ0n) is 15.6. The molecule has 4 rings (SSSR count). The fraction of sp³-hybridized carbons (Fsp3) is 0.238. The summed E-state index contributed by atoms with van der Waals surface area (Å²) in [6.45, 7) is 6.28. The zero-order chi connectivity index (χ0) is 18.3. The number of benzene rings is 1. The minimum Gasteiger partial charge on any atom is -0.378 e. The molecule has 0 saturated heterocycles. The molecule has 4 aromatic rings. The summed E-state index contributed by atoms with van der Waals surface area (Å²) in [5, 5.41) is 7.97. The minimum absolute atomic E-state index is 0.201. The van der Waals surface area contributed by atoms with Crippen molar-refractivity contribution in [2.75, 3.05) is 5.32 Å². The molecule has 1 N–H and O–H groups in total. The predicted octanol–water partition coefficient (Wildman–Crippen LogP) is 4.52. The van der Waals surface area contributed by atoms with Gasteiger partial charge in [-0.1, -0.05) is 18.2 Å². The average Bonchev–Trinajstić information content (AvgIpc) is 3.19. The van der Waals surface area contributed by atoms with Crippen molar-refractivity contribution in [1.29, 1.82) is 0 Å². The third kappa shape index (κ3) is 2.96. The Bertz CT molecular complexity index is 1060. The monoisotopic (exact) mass is 345 g/mol. The number of aryl methyl sites for hydroxylation is 3. The Morgan fingerprint density at radius 1 is 1.04 bits per heavy atom. The van der Waals surface area contributed by atoms with Crippen LogP contribution in [0.2, 0.25) is 0 Å². The summed E-state index contributed by atoms with van der Waals surface area (Å²) in [5.74, 6) is 0. The number of fused-ring (bicyclic) bond motifs is 1. The normalized spacial score (nSPS) is 12.5. The van der Waals surface area contributed by atoms with Crippen molar-refractivity contribution in [3.63, 3.8) is 0 Å². The summed E-state index contributed by atoms with van der Waals surface area (Å²) in [6, 6.07) is 12.8. The molecule has 3 aromatic heterocycles. The van der Waals surface area contributed by atoms with E-state index in [0.29, 0.717) is 0 Å². The second kappa shape index (κ2) is 6.33. The maximum atomic E-state index is 4.77. The Hall–Kier alpha value is -3.08. The molecule has 26 heavy (non-hydrogen) atoms. The topological polar surface area (TPSA) is 47.2 Å². The van der Waals surface area contributed by atoms with E-state index in [4.69, 9.17) is 4.98 Å². The molecule has 0 bridgehead atoms. The van der Waals surface area contributed by atoms with Crippen LogP contribution in [0, 0.1) is 13.8 Å². The van der Waals surface area contributed by atoms with Gasteiger partial charge in [-0.15, -0.1) is 0 Å². The number of rotatable bonds is 4. The van der Waals surface area contributed by atoms with Gasteiger partial charge in [0.1, 0.15) is 5.65 Å². The van der Waals surface area contributed by atoms with E-state index < -0.39 is 0 Å². The lowest BCUT2D eigenvalue weighted by Crippen LogP contribution is -2.06. The number of nitrogens with one attached hydrogen (secondary N) is 1. The summed E-state index contributed by atoms with van der Waals surface area (Å²) < 4.78 is 3.93. The smallest absolute Gasteiger partial charge is 0.140 e. The largest absolute Gasteiger partial charge is 0.378 e. The average molecular weight is 345 g/mol. The first-order chi connectivity index (χ1) is 12.5. The van der Waals surface area contributed by atoms with Crippen molar-refractivity contribution < 1.29 is 0 Å². The highest BCUT2D eigenvalue weighted by molar-refractivity contribution is 5.66. The second-order valence-corrected chi connectivity index (χ2v) is 6.84. The molecule has 0 fully saturated rings. The van der Waals surface area contributed by atoms with Crippen molar-refractivity contribution in [3.05, 3.63) is 71.8 Å². The van der Waals surface area contributed by atoms with E-state index in [2.05, 4.69) is 71.4 Å². The summed E-state index contributed by atoms with van der Waals surface area (Å²) in [6.07, 6.45) is 6.18. The summed E-state index contributed by atoms with van der Waals surface area (Å²) >= 11 is 0. The lowest BCUT2D eigenvalue weighted by molar-refractivity contribution is 0.756. The van der Waals surface area contributed by atoms with Crippen LogP contribution in [0.1, 0.15) is 29.8 Å². The van der Waals surface area contributed by atoms with Crippen molar-refractivity contribution in [2.45, 2.75) is 26.8 Å². The molecule has 1 atom stereocenters. The van der Waals surface area contributed by atoms with Gasteiger partial charge in [-0.05, 0) is 44.5 Å². The van der Waals surface area contributed by atoms with Crippen LogP contribution < -0.4 is 5.32 Å². The third-order valence-electron chi connectivity index (χ3n) is 4.76. The Morgan fingerprint density at radius 3 is 2.46 bits per heavy atom. The van der Waals surface area contributed by atoms with E-state index in [1.165, 1.54) is 11.1 Å². The van der Waals surface area contributed by atoms with Gasteiger partial charge in [0.25, 0.3) is 0 Å². The Balaban J connectivity index is 1.56. The standard InChI is InChI=1S/C21H23N5/c1-14-6-5-11-26-13-20(23-21(14)26)17-7-9-18(10-8-17)22-15(2)19-12-25(4)24-16(19)3/h5-13,15,22H,1-4H3. The maximum absolute atomic E-state index is 4.77. The molecule has 1 aromatic carbocycles. The first kappa shape index (κ1) is 16.4. The molecule has 0 amide bonds. The number of pyridine rings is 1. The van der Waals surface area contributed by atoms with E-state index in [0.717, 1.165) is 28.3 Å². The summed E-state index contributed by atoms with van der Waals surface area (Å²) in [5.41, 5.74) is 7.65. The first-order valence-electron chi connectivity index (χ1n) is 8.82. The van der Waals surface area contributed by atoms with E-state index in [1.54, 1.807) is 0 Å². The van der Waals surface area contributed by atoms with Crippen LogP contribution in [0.5, 0.6) is 0 Å². The zero-order valence-corrected chi connectivity index (χ0v) is 15.6. The van der Waals surface area contributed by atoms with Crippen LogP contribution in [-0.2, 0) is 7.05 Å². The highest BCUT2D eigenvalue weighted by Crippen LogP contribution is 2.25. The predicted molar refractivity (Wildman–Crippen MR) is 105 cm³/mol. The molecule has 3 heterocycles.